The third-order valence-electron chi connectivity index (χ3n) is 2.84. The van der Waals surface area contributed by atoms with Crippen molar-refractivity contribution in [2.75, 3.05) is 28.3 Å². The normalized spacial score (nSPS) is 11.8. The Labute approximate surface area is 103 Å². The molecule has 2 nitrogen and oxygen atoms in total. The van der Waals surface area contributed by atoms with E-state index in [1.807, 2.05) is 0 Å². The van der Waals surface area contributed by atoms with E-state index in [0.29, 0.717) is 0 Å². The molecule has 2 heteroatoms. The summed E-state index contributed by atoms with van der Waals surface area (Å²) in [4.78, 5) is 0. The van der Waals surface area contributed by atoms with Crippen LogP contribution < -0.4 is 4.74 Å². The van der Waals surface area contributed by atoms with Crippen molar-refractivity contribution in [1.82, 2.24) is 0 Å². The van der Waals surface area contributed by atoms with E-state index in [1.54, 1.807) is 7.11 Å². The summed E-state index contributed by atoms with van der Waals surface area (Å²) in [5.41, 5.74) is 1.37. The van der Waals surface area contributed by atoms with Crippen LogP contribution in [-0.2, 0) is 6.54 Å². The zero-order valence-corrected chi connectivity index (χ0v) is 11.0. The fourth-order valence-electron chi connectivity index (χ4n) is 2.16. The fraction of sp³-hybridized carbons (Fsp3) is 0.333. The maximum absolute atomic E-state index is 5.41. The van der Waals surface area contributed by atoms with E-state index >= 15 is 0 Å². The van der Waals surface area contributed by atoms with Gasteiger partial charge in [-0.2, -0.15) is 0 Å². The van der Waals surface area contributed by atoms with Gasteiger partial charge in [0.05, 0.1) is 28.3 Å². The molecule has 0 saturated carbocycles. The Morgan fingerprint density at radius 2 is 1.59 bits per heavy atom. The molecular weight excluding hydrogens is 210 g/mol. The molecule has 0 N–H and O–H groups in total. The summed E-state index contributed by atoms with van der Waals surface area (Å²) in [6.07, 6.45) is 0. The summed E-state index contributed by atoms with van der Waals surface area (Å²) in [6, 6.07) is 12.7. The molecule has 0 fully saturated rings. The highest BCUT2D eigenvalue weighted by Gasteiger charge is 2.12. The summed E-state index contributed by atoms with van der Waals surface area (Å²) in [6.45, 7) is 1.02. The van der Waals surface area contributed by atoms with E-state index in [1.165, 1.54) is 16.3 Å². The smallest absolute Gasteiger partial charge is 0.126 e. The fourth-order valence-corrected chi connectivity index (χ4v) is 2.16. The molecular formula is C15H20NO+. The van der Waals surface area contributed by atoms with Crippen molar-refractivity contribution >= 4 is 10.8 Å². The molecule has 0 saturated heterocycles. The van der Waals surface area contributed by atoms with E-state index in [9.17, 15) is 0 Å². The third-order valence-corrected chi connectivity index (χ3v) is 2.84. The number of rotatable bonds is 3. The first-order chi connectivity index (χ1) is 8.01. The summed E-state index contributed by atoms with van der Waals surface area (Å²) in [7, 11) is 8.35. The SMILES string of the molecule is COc1ccc(C[N+](C)(C)C)c2ccccc12. The Hall–Kier alpha value is -1.54. The lowest BCUT2D eigenvalue weighted by Gasteiger charge is -2.25. The number of quaternary nitrogens is 1. The van der Waals surface area contributed by atoms with Gasteiger partial charge in [-0.1, -0.05) is 24.3 Å². The Balaban J connectivity index is 2.59. The summed E-state index contributed by atoms with van der Waals surface area (Å²) in [5, 5.41) is 2.49. The summed E-state index contributed by atoms with van der Waals surface area (Å²) < 4.78 is 6.33. The second-order valence-corrected chi connectivity index (χ2v) is 5.42. The zero-order chi connectivity index (χ0) is 12.5. The third kappa shape index (κ3) is 2.59. The first kappa shape index (κ1) is 11.9. The standard InChI is InChI=1S/C15H20NO/c1-16(2,3)11-12-9-10-15(17-4)14-8-6-5-7-13(12)14/h5-10H,11H2,1-4H3/q+1. The lowest BCUT2D eigenvalue weighted by molar-refractivity contribution is -0.883. The highest BCUT2D eigenvalue weighted by atomic mass is 16.5. The molecule has 0 atom stereocenters. The highest BCUT2D eigenvalue weighted by molar-refractivity contribution is 5.90. The Morgan fingerprint density at radius 1 is 0.941 bits per heavy atom. The van der Waals surface area contributed by atoms with Crippen LogP contribution in [0.15, 0.2) is 36.4 Å². The topological polar surface area (TPSA) is 9.23 Å². The number of ether oxygens (including phenoxy) is 1. The van der Waals surface area contributed by atoms with Crippen LogP contribution in [0, 0.1) is 0 Å². The minimum Gasteiger partial charge on any atom is -0.496 e. The molecule has 0 radical (unpaired) electrons. The minimum absolute atomic E-state index is 0.927. The van der Waals surface area contributed by atoms with Gasteiger partial charge in [0.1, 0.15) is 12.3 Å². The molecule has 0 aliphatic heterocycles. The van der Waals surface area contributed by atoms with Gasteiger partial charge < -0.3 is 9.22 Å². The van der Waals surface area contributed by atoms with Crippen LogP contribution in [0.1, 0.15) is 5.56 Å². The van der Waals surface area contributed by atoms with E-state index in [4.69, 9.17) is 4.74 Å². The van der Waals surface area contributed by atoms with Crippen molar-refractivity contribution in [2.45, 2.75) is 6.54 Å². The van der Waals surface area contributed by atoms with Gasteiger partial charge in [0.2, 0.25) is 0 Å². The van der Waals surface area contributed by atoms with Crippen molar-refractivity contribution in [2.24, 2.45) is 0 Å². The molecule has 0 aliphatic carbocycles. The average Bonchev–Trinajstić information content (AvgIpc) is 2.28. The Morgan fingerprint density at radius 3 is 2.18 bits per heavy atom. The van der Waals surface area contributed by atoms with Gasteiger partial charge in [-0.15, -0.1) is 0 Å². The predicted octanol–water partition coefficient (Wildman–Crippen LogP) is 3.05. The van der Waals surface area contributed by atoms with Crippen LogP contribution >= 0.6 is 0 Å². The first-order valence-corrected chi connectivity index (χ1v) is 5.86. The molecule has 90 valence electrons. The van der Waals surface area contributed by atoms with Crippen LogP contribution in [0.5, 0.6) is 5.75 Å². The predicted molar refractivity (Wildman–Crippen MR) is 72.2 cm³/mol. The molecule has 0 heterocycles. The molecule has 0 amide bonds. The molecule has 2 aromatic rings. The van der Waals surface area contributed by atoms with Gasteiger partial charge in [0.15, 0.2) is 0 Å². The second kappa shape index (κ2) is 4.38. The van der Waals surface area contributed by atoms with Gasteiger partial charge >= 0.3 is 0 Å². The van der Waals surface area contributed by atoms with Gasteiger partial charge in [-0.05, 0) is 17.5 Å². The van der Waals surface area contributed by atoms with Crippen molar-refractivity contribution in [3.05, 3.63) is 42.0 Å². The number of fused-ring (bicyclic) bond motifs is 1. The van der Waals surface area contributed by atoms with Gasteiger partial charge in [-0.25, -0.2) is 0 Å². The molecule has 0 unspecified atom stereocenters. The van der Waals surface area contributed by atoms with Crippen molar-refractivity contribution in [1.29, 1.82) is 0 Å². The number of nitrogens with zero attached hydrogens (tertiary/aromatic N) is 1. The largest absolute Gasteiger partial charge is 0.496 e. The minimum atomic E-state index is 0.927. The van der Waals surface area contributed by atoms with Crippen molar-refractivity contribution in [3.8, 4) is 5.75 Å². The lowest BCUT2D eigenvalue weighted by Crippen LogP contribution is -2.33. The second-order valence-electron chi connectivity index (χ2n) is 5.42. The van der Waals surface area contributed by atoms with Crippen LogP contribution in [0.2, 0.25) is 0 Å². The van der Waals surface area contributed by atoms with Crippen LogP contribution in [0.3, 0.4) is 0 Å². The number of hydrogen-bond acceptors (Lipinski definition) is 1. The van der Waals surface area contributed by atoms with Gasteiger partial charge in [0.25, 0.3) is 0 Å². The van der Waals surface area contributed by atoms with Crippen LogP contribution in [0.4, 0.5) is 0 Å². The van der Waals surface area contributed by atoms with E-state index in [2.05, 4.69) is 57.5 Å². The summed E-state index contributed by atoms with van der Waals surface area (Å²) >= 11 is 0. The van der Waals surface area contributed by atoms with E-state index in [-0.39, 0.29) is 0 Å². The summed E-state index contributed by atoms with van der Waals surface area (Å²) in [5.74, 6) is 0.950. The molecule has 0 spiro atoms. The average molecular weight is 230 g/mol. The maximum Gasteiger partial charge on any atom is 0.126 e. The molecule has 2 aromatic carbocycles. The number of hydrogen-bond donors (Lipinski definition) is 0. The van der Waals surface area contributed by atoms with Gasteiger partial charge in [-0.3, -0.25) is 0 Å². The maximum atomic E-state index is 5.41. The molecule has 2 rings (SSSR count). The van der Waals surface area contributed by atoms with E-state index in [0.717, 1.165) is 16.8 Å². The molecule has 0 bridgehead atoms. The monoisotopic (exact) mass is 230 g/mol. The van der Waals surface area contributed by atoms with Gasteiger partial charge in [0, 0.05) is 10.9 Å². The van der Waals surface area contributed by atoms with Crippen molar-refractivity contribution < 1.29 is 9.22 Å². The number of methoxy groups -OCH3 is 1. The lowest BCUT2D eigenvalue weighted by atomic mass is 10.0. The first-order valence-electron chi connectivity index (χ1n) is 5.86. The molecule has 17 heavy (non-hydrogen) atoms. The Kier molecular flexibility index (Phi) is 3.07. The molecule has 0 aliphatic rings. The van der Waals surface area contributed by atoms with Crippen LogP contribution in [-0.4, -0.2) is 32.7 Å². The molecule has 0 aromatic heterocycles. The van der Waals surface area contributed by atoms with Crippen LogP contribution in [0.25, 0.3) is 10.8 Å². The highest BCUT2D eigenvalue weighted by Crippen LogP contribution is 2.29. The Bertz CT molecular complexity index is 526. The number of benzene rings is 2. The quantitative estimate of drug-likeness (QED) is 0.736. The zero-order valence-electron chi connectivity index (χ0n) is 11.0. The van der Waals surface area contributed by atoms with Crippen molar-refractivity contribution in [3.63, 3.8) is 0 Å². The van der Waals surface area contributed by atoms with E-state index < -0.39 is 0 Å².